The SMILES string of the molecule is O=C(CN1CCN(Cc2ccccc2)CC1)NCc1ccc2c(c1)OCO2. The lowest BCUT2D eigenvalue weighted by molar-refractivity contribution is -0.122. The van der Waals surface area contributed by atoms with E-state index in [4.69, 9.17) is 9.47 Å². The number of nitrogens with zero attached hydrogens (tertiary/aromatic N) is 2. The number of nitrogens with one attached hydrogen (secondary N) is 1. The van der Waals surface area contributed by atoms with E-state index in [1.54, 1.807) is 0 Å². The molecule has 1 fully saturated rings. The summed E-state index contributed by atoms with van der Waals surface area (Å²) in [5.74, 6) is 1.57. The van der Waals surface area contributed by atoms with Crippen molar-refractivity contribution in [1.29, 1.82) is 0 Å². The second-order valence-electron chi connectivity index (χ2n) is 7.00. The Morgan fingerprint density at radius 3 is 2.44 bits per heavy atom. The molecule has 2 heterocycles. The molecule has 0 radical (unpaired) electrons. The van der Waals surface area contributed by atoms with Gasteiger partial charge in [-0.05, 0) is 23.3 Å². The van der Waals surface area contributed by atoms with Gasteiger partial charge >= 0.3 is 0 Å². The van der Waals surface area contributed by atoms with Crippen LogP contribution >= 0.6 is 0 Å². The Morgan fingerprint density at radius 1 is 0.889 bits per heavy atom. The molecule has 142 valence electrons. The molecule has 6 heteroatoms. The van der Waals surface area contributed by atoms with Gasteiger partial charge < -0.3 is 14.8 Å². The van der Waals surface area contributed by atoms with Gasteiger partial charge in [-0.25, -0.2) is 0 Å². The zero-order valence-corrected chi connectivity index (χ0v) is 15.4. The van der Waals surface area contributed by atoms with E-state index in [1.807, 2.05) is 24.3 Å². The molecule has 0 spiro atoms. The second kappa shape index (κ2) is 8.41. The zero-order chi connectivity index (χ0) is 18.5. The minimum Gasteiger partial charge on any atom is -0.454 e. The van der Waals surface area contributed by atoms with Crippen molar-refractivity contribution in [2.75, 3.05) is 39.5 Å². The summed E-state index contributed by atoms with van der Waals surface area (Å²) in [7, 11) is 0. The molecule has 0 aromatic heterocycles. The number of benzene rings is 2. The summed E-state index contributed by atoms with van der Waals surface area (Å²) in [6, 6.07) is 16.3. The van der Waals surface area contributed by atoms with E-state index in [2.05, 4.69) is 39.4 Å². The summed E-state index contributed by atoms with van der Waals surface area (Å²) in [5.41, 5.74) is 2.35. The summed E-state index contributed by atoms with van der Waals surface area (Å²) < 4.78 is 10.7. The predicted octanol–water partition coefficient (Wildman–Crippen LogP) is 1.85. The number of fused-ring (bicyclic) bond motifs is 1. The average Bonchev–Trinajstić information content (AvgIpc) is 3.17. The Labute approximate surface area is 159 Å². The number of carbonyl (C=O) groups excluding carboxylic acids is 1. The molecule has 27 heavy (non-hydrogen) atoms. The van der Waals surface area contributed by atoms with Crippen LogP contribution in [-0.4, -0.2) is 55.2 Å². The second-order valence-corrected chi connectivity index (χ2v) is 7.00. The molecule has 0 aliphatic carbocycles. The smallest absolute Gasteiger partial charge is 0.234 e. The Kier molecular flexibility index (Phi) is 5.55. The Balaban J connectivity index is 1.18. The Hall–Kier alpha value is -2.57. The number of piperazine rings is 1. The van der Waals surface area contributed by atoms with Crippen molar-refractivity contribution in [2.24, 2.45) is 0 Å². The van der Waals surface area contributed by atoms with Gasteiger partial charge in [-0.3, -0.25) is 14.6 Å². The van der Waals surface area contributed by atoms with E-state index in [-0.39, 0.29) is 12.7 Å². The molecule has 1 saturated heterocycles. The van der Waals surface area contributed by atoms with Gasteiger partial charge in [0.05, 0.1) is 6.54 Å². The van der Waals surface area contributed by atoms with Crippen LogP contribution in [0.3, 0.4) is 0 Å². The molecular weight excluding hydrogens is 342 g/mol. The maximum Gasteiger partial charge on any atom is 0.234 e. The maximum atomic E-state index is 12.3. The van der Waals surface area contributed by atoms with E-state index in [0.29, 0.717) is 13.1 Å². The largest absolute Gasteiger partial charge is 0.454 e. The number of rotatable bonds is 6. The number of carbonyl (C=O) groups is 1. The fourth-order valence-electron chi connectivity index (χ4n) is 3.46. The normalized spacial score (nSPS) is 17.0. The minimum absolute atomic E-state index is 0.0594. The van der Waals surface area contributed by atoms with Gasteiger partial charge in [0.15, 0.2) is 11.5 Å². The first-order valence-corrected chi connectivity index (χ1v) is 9.40. The van der Waals surface area contributed by atoms with Crippen molar-refractivity contribution in [3.63, 3.8) is 0 Å². The Morgan fingerprint density at radius 2 is 1.63 bits per heavy atom. The summed E-state index contributed by atoms with van der Waals surface area (Å²) in [5, 5.41) is 3.00. The van der Waals surface area contributed by atoms with Crippen LogP contribution in [0.1, 0.15) is 11.1 Å². The van der Waals surface area contributed by atoms with Crippen LogP contribution in [0.15, 0.2) is 48.5 Å². The van der Waals surface area contributed by atoms with Crippen molar-refractivity contribution in [1.82, 2.24) is 15.1 Å². The van der Waals surface area contributed by atoms with E-state index >= 15 is 0 Å². The molecule has 1 N–H and O–H groups in total. The number of hydrogen-bond donors (Lipinski definition) is 1. The summed E-state index contributed by atoms with van der Waals surface area (Å²) in [6.45, 7) is 6.02. The van der Waals surface area contributed by atoms with Gasteiger partial charge in [0.25, 0.3) is 0 Å². The van der Waals surface area contributed by atoms with Crippen LogP contribution in [0, 0.1) is 0 Å². The standard InChI is InChI=1S/C21H25N3O3/c25-21(22-13-18-6-7-19-20(12-18)27-16-26-19)15-24-10-8-23(9-11-24)14-17-4-2-1-3-5-17/h1-7,12H,8-11,13-16H2,(H,22,25). The van der Waals surface area contributed by atoms with Gasteiger partial charge in [-0.1, -0.05) is 36.4 Å². The van der Waals surface area contributed by atoms with Crippen LogP contribution in [0.4, 0.5) is 0 Å². The molecule has 0 saturated carbocycles. The van der Waals surface area contributed by atoms with E-state index in [0.717, 1.165) is 49.8 Å². The van der Waals surface area contributed by atoms with Gasteiger partial charge in [-0.2, -0.15) is 0 Å². The van der Waals surface area contributed by atoms with Crippen molar-refractivity contribution in [2.45, 2.75) is 13.1 Å². The molecule has 2 aromatic rings. The number of ether oxygens (including phenoxy) is 2. The zero-order valence-electron chi connectivity index (χ0n) is 15.4. The van der Waals surface area contributed by atoms with E-state index in [1.165, 1.54) is 5.56 Å². The third-order valence-corrected chi connectivity index (χ3v) is 5.01. The molecule has 2 aromatic carbocycles. The highest BCUT2D eigenvalue weighted by Crippen LogP contribution is 2.32. The van der Waals surface area contributed by atoms with Gasteiger partial charge in [0.2, 0.25) is 12.7 Å². The molecule has 0 atom stereocenters. The van der Waals surface area contributed by atoms with E-state index in [9.17, 15) is 4.79 Å². The van der Waals surface area contributed by atoms with E-state index < -0.39 is 0 Å². The van der Waals surface area contributed by atoms with Crippen molar-refractivity contribution in [3.8, 4) is 11.5 Å². The highest BCUT2D eigenvalue weighted by atomic mass is 16.7. The minimum atomic E-state index is 0.0594. The van der Waals surface area contributed by atoms with Gasteiger partial charge in [0.1, 0.15) is 0 Å². The lowest BCUT2D eigenvalue weighted by atomic mass is 10.2. The first-order chi connectivity index (χ1) is 13.3. The molecule has 4 rings (SSSR count). The lowest BCUT2D eigenvalue weighted by Crippen LogP contribution is -2.49. The highest BCUT2D eigenvalue weighted by Gasteiger charge is 2.19. The predicted molar refractivity (Wildman–Crippen MR) is 103 cm³/mol. The third-order valence-electron chi connectivity index (χ3n) is 5.01. The summed E-state index contributed by atoms with van der Waals surface area (Å²) in [6.07, 6.45) is 0. The monoisotopic (exact) mass is 367 g/mol. The molecule has 1 amide bonds. The van der Waals surface area contributed by atoms with Crippen molar-refractivity contribution >= 4 is 5.91 Å². The molecule has 0 bridgehead atoms. The fraction of sp³-hybridized carbons (Fsp3) is 0.381. The summed E-state index contributed by atoms with van der Waals surface area (Å²) >= 11 is 0. The number of amides is 1. The van der Waals surface area contributed by atoms with Crippen LogP contribution in [0.2, 0.25) is 0 Å². The van der Waals surface area contributed by atoms with Crippen LogP contribution in [0.25, 0.3) is 0 Å². The molecular formula is C21H25N3O3. The average molecular weight is 367 g/mol. The van der Waals surface area contributed by atoms with Crippen LogP contribution in [0.5, 0.6) is 11.5 Å². The topological polar surface area (TPSA) is 54.0 Å². The molecule has 2 aliphatic rings. The van der Waals surface area contributed by atoms with Crippen molar-refractivity contribution in [3.05, 3.63) is 59.7 Å². The third kappa shape index (κ3) is 4.78. The quantitative estimate of drug-likeness (QED) is 0.845. The summed E-state index contributed by atoms with van der Waals surface area (Å²) in [4.78, 5) is 16.9. The van der Waals surface area contributed by atoms with Gasteiger partial charge in [0, 0.05) is 39.3 Å². The highest BCUT2D eigenvalue weighted by molar-refractivity contribution is 5.78. The van der Waals surface area contributed by atoms with Crippen LogP contribution in [-0.2, 0) is 17.9 Å². The number of hydrogen-bond acceptors (Lipinski definition) is 5. The Bertz CT molecular complexity index is 773. The molecule has 6 nitrogen and oxygen atoms in total. The fourth-order valence-corrected chi connectivity index (χ4v) is 3.46. The maximum absolute atomic E-state index is 12.3. The first kappa shape index (κ1) is 17.8. The lowest BCUT2D eigenvalue weighted by Gasteiger charge is -2.34. The first-order valence-electron chi connectivity index (χ1n) is 9.40. The molecule has 2 aliphatic heterocycles. The van der Waals surface area contributed by atoms with Crippen LogP contribution < -0.4 is 14.8 Å². The molecule has 0 unspecified atom stereocenters. The van der Waals surface area contributed by atoms with Crippen molar-refractivity contribution < 1.29 is 14.3 Å². The van der Waals surface area contributed by atoms with Gasteiger partial charge in [-0.15, -0.1) is 0 Å².